The van der Waals surface area contributed by atoms with Crippen molar-refractivity contribution >= 4 is 28.1 Å². The van der Waals surface area contributed by atoms with Crippen molar-refractivity contribution in [1.29, 1.82) is 0 Å². The molecule has 0 spiro atoms. The molecule has 0 unspecified atom stereocenters. The van der Waals surface area contributed by atoms with Crippen molar-refractivity contribution in [1.82, 2.24) is 10.6 Å². The van der Waals surface area contributed by atoms with E-state index >= 15 is 0 Å². The maximum absolute atomic E-state index is 13.5. The van der Waals surface area contributed by atoms with Gasteiger partial charge in [-0.3, -0.25) is 18.2 Å². The molecular weight excluding hydrogens is 476 g/mol. The average Bonchev–Trinajstić information content (AvgIpc) is 2.81. The smallest absolute Gasteiger partial charge is 0.251 e. The minimum Gasteiger partial charge on any atom is -0.390 e. The third kappa shape index (κ3) is 8.11. The van der Waals surface area contributed by atoms with Gasteiger partial charge in [-0.2, -0.15) is 0 Å². The van der Waals surface area contributed by atoms with E-state index < -0.39 is 22.9 Å². The van der Waals surface area contributed by atoms with Gasteiger partial charge in [0.2, 0.25) is 0 Å². The summed E-state index contributed by atoms with van der Waals surface area (Å²) < 4.78 is 23.0. The molecule has 1 heterocycles. The van der Waals surface area contributed by atoms with Gasteiger partial charge in [0.25, 0.3) is 5.91 Å². The third-order valence-corrected chi connectivity index (χ3v) is 8.06. The predicted octanol–water partition coefficient (Wildman–Crippen LogP) is 4.47. The van der Waals surface area contributed by atoms with Gasteiger partial charge in [0.1, 0.15) is 0 Å². The molecule has 3 rings (SSSR count). The van der Waals surface area contributed by atoms with Crippen LogP contribution in [0.4, 0.5) is 11.4 Å². The Hall–Kier alpha value is -2.30. The maximum atomic E-state index is 13.5. The second-order valence-corrected chi connectivity index (χ2v) is 12.2. The molecule has 0 aromatic heterocycles. The molecule has 2 aromatic rings. The molecule has 1 fully saturated rings. The molecule has 0 radical (unpaired) electrons. The first kappa shape index (κ1) is 28.3. The van der Waals surface area contributed by atoms with Crippen LogP contribution >= 0.6 is 10.8 Å². The Kier molecular flexibility index (Phi) is 10.0. The molecule has 0 bridgehead atoms. The number of anilines is 2. The molecule has 1 saturated heterocycles. The van der Waals surface area contributed by atoms with Crippen molar-refractivity contribution in [3.63, 3.8) is 0 Å². The molecule has 36 heavy (non-hydrogen) atoms. The number of carbonyl (C=O) groups excluding carboxylic acids is 1. The van der Waals surface area contributed by atoms with Crippen molar-refractivity contribution in [2.75, 3.05) is 28.5 Å². The lowest BCUT2D eigenvalue weighted by Crippen LogP contribution is -2.49. The summed E-state index contributed by atoms with van der Waals surface area (Å²) in [7, 11) is -2.93. The number of benzene rings is 2. The van der Waals surface area contributed by atoms with Gasteiger partial charge in [0.05, 0.1) is 23.6 Å². The molecule has 2 atom stereocenters. The van der Waals surface area contributed by atoms with Crippen LogP contribution in [-0.4, -0.2) is 63.2 Å². The van der Waals surface area contributed by atoms with E-state index in [0.717, 1.165) is 24.1 Å². The summed E-state index contributed by atoms with van der Waals surface area (Å²) in [5.41, 5.74) is 2.75. The van der Waals surface area contributed by atoms with Crippen LogP contribution in [-0.2, 0) is 6.42 Å². The Morgan fingerprint density at radius 1 is 1.03 bits per heavy atom. The molecule has 200 valence electrons. The zero-order valence-corrected chi connectivity index (χ0v) is 22.6. The number of carbonyl (C=O) groups is 1. The number of amides is 1. The van der Waals surface area contributed by atoms with E-state index in [0.29, 0.717) is 36.5 Å². The summed E-state index contributed by atoms with van der Waals surface area (Å²) >= 11 is 0. The summed E-state index contributed by atoms with van der Waals surface area (Å²) in [6, 6.07) is 15.0. The summed E-state index contributed by atoms with van der Waals surface area (Å²) in [5, 5.41) is 20.6. The lowest BCUT2D eigenvalue weighted by Gasteiger charge is -2.47. The number of hydrogen-bond acceptors (Lipinski definition) is 7. The van der Waals surface area contributed by atoms with Crippen LogP contribution in [0.2, 0.25) is 0 Å². The largest absolute Gasteiger partial charge is 0.390 e. The van der Waals surface area contributed by atoms with Crippen LogP contribution in [0.15, 0.2) is 48.5 Å². The Morgan fingerprint density at radius 2 is 1.75 bits per heavy atom. The summed E-state index contributed by atoms with van der Waals surface area (Å²) in [4.78, 5) is 13.5. The number of rotatable bonds is 11. The SMILES string of the molecule is CC(C)NC[C@H](O)[C@H](Cc1ccccc1)NC(=O)c1cc(NC(C)C)cc(N2CCCCS2(O)O)c1. The number of aliphatic hydroxyl groups excluding tert-OH is 1. The number of nitrogens with one attached hydrogen (secondary N) is 3. The van der Waals surface area contributed by atoms with Crippen LogP contribution in [0.1, 0.15) is 56.5 Å². The molecule has 1 amide bonds. The van der Waals surface area contributed by atoms with E-state index in [1.165, 1.54) is 0 Å². The normalized spacial score (nSPS) is 18.1. The fraction of sp³-hybridized carbons (Fsp3) is 0.519. The van der Waals surface area contributed by atoms with E-state index in [-0.39, 0.29) is 18.0 Å². The molecule has 2 aromatic carbocycles. The van der Waals surface area contributed by atoms with Crippen molar-refractivity contribution in [3.8, 4) is 0 Å². The summed E-state index contributed by atoms with van der Waals surface area (Å²) in [6.07, 6.45) is 1.31. The fourth-order valence-electron chi connectivity index (χ4n) is 4.31. The minimum atomic E-state index is -2.93. The molecule has 0 aliphatic carbocycles. The average molecular weight is 519 g/mol. The summed E-state index contributed by atoms with van der Waals surface area (Å²) in [5.74, 6) is 0.00607. The van der Waals surface area contributed by atoms with Gasteiger partial charge in [-0.15, -0.1) is 10.8 Å². The fourth-order valence-corrected chi connectivity index (χ4v) is 5.99. The monoisotopic (exact) mass is 518 g/mol. The highest BCUT2D eigenvalue weighted by Gasteiger charge is 2.28. The first-order valence-electron chi connectivity index (χ1n) is 12.8. The van der Waals surface area contributed by atoms with Crippen LogP contribution in [0.5, 0.6) is 0 Å². The van der Waals surface area contributed by atoms with Gasteiger partial charge in [0.15, 0.2) is 0 Å². The van der Waals surface area contributed by atoms with E-state index in [1.54, 1.807) is 16.4 Å². The lowest BCUT2D eigenvalue weighted by molar-refractivity contribution is 0.0827. The quantitative estimate of drug-likeness (QED) is 0.260. The molecule has 1 aliphatic rings. The van der Waals surface area contributed by atoms with Crippen molar-refractivity contribution in [3.05, 3.63) is 59.7 Å². The summed E-state index contributed by atoms with van der Waals surface area (Å²) in [6.45, 7) is 8.91. The van der Waals surface area contributed by atoms with E-state index in [4.69, 9.17) is 0 Å². The van der Waals surface area contributed by atoms with Gasteiger partial charge in [0, 0.05) is 36.4 Å². The maximum Gasteiger partial charge on any atom is 0.251 e. The van der Waals surface area contributed by atoms with Gasteiger partial charge in [-0.1, -0.05) is 44.2 Å². The van der Waals surface area contributed by atoms with E-state index in [2.05, 4.69) is 16.0 Å². The Morgan fingerprint density at radius 3 is 2.39 bits per heavy atom. The van der Waals surface area contributed by atoms with Gasteiger partial charge in [-0.25, -0.2) is 0 Å². The Labute approximate surface area is 217 Å². The van der Waals surface area contributed by atoms with Gasteiger partial charge >= 0.3 is 0 Å². The second kappa shape index (κ2) is 12.8. The Bertz CT molecular complexity index is 987. The first-order valence-corrected chi connectivity index (χ1v) is 14.4. The van der Waals surface area contributed by atoms with Crippen LogP contribution in [0.25, 0.3) is 0 Å². The molecule has 6 N–H and O–H groups in total. The number of nitrogens with zero attached hydrogens (tertiary/aromatic N) is 1. The molecule has 1 aliphatic heterocycles. The van der Waals surface area contributed by atoms with Crippen LogP contribution in [0, 0.1) is 0 Å². The van der Waals surface area contributed by atoms with Gasteiger partial charge in [-0.05, 0) is 56.9 Å². The van der Waals surface area contributed by atoms with E-state index in [9.17, 15) is 19.0 Å². The molecule has 0 saturated carbocycles. The first-order chi connectivity index (χ1) is 17.0. The number of hydrogen-bond donors (Lipinski definition) is 6. The van der Waals surface area contributed by atoms with Crippen LogP contribution in [0.3, 0.4) is 0 Å². The minimum absolute atomic E-state index is 0.132. The topological polar surface area (TPSA) is 117 Å². The third-order valence-electron chi connectivity index (χ3n) is 6.12. The molecule has 8 nitrogen and oxygen atoms in total. The lowest BCUT2D eigenvalue weighted by atomic mass is 10.00. The zero-order valence-electron chi connectivity index (χ0n) is 21.8. The number of aliphatic hydroxyl groups is 1. The standard InChI is InChI=1S/C27H42N4O4S/c1-19(2)28-18-26(32)25(14-21-10-6-5-7-11-21)30-27(33)22-15-23(29-20(3)4)17-24(16-22)31-12-8-9-13-36(31,34)35/h5-7,10-11,15-17,19-20,25-26,28-29,32,34-35H,8-9,12-14,18H2,1-4H3,(H,30,33)/t25-,26-/m0/s1. The zero-order chi connectivity index (χ0) is 26.3. The molecular formula is C27H42N4O4S. The molecule has 9 heteroatoms. The highest BCUT2D eigenvalue weighted by molar-refractivity contribution is 8.25. The van der Waals surface area contributed by atoms with E-state index in [1.807, 2.05) is 64.1 Å². The van der Waals surface area contributed by atoms with Crippen molar-refractivity contribution in [2.24, 2.45) is 0 Å². The highest BCUT2D eigenvalue weighted by atomic mass is 32.3. The van der Waals surface area contributed by atoms with Crippen molar-refractivity contribution < 1.29 is 19.0 Å². The second-order valence-electron chi connectivity index (χ2n) is 10.1. The van der Waals surface area contributed by atoms with Crippen LogP contribution < -0.4 is 20.3 Å². The van der Waals surface area contributed by atoms with Gasteiger partial charge < -0.3 is 21.1 Å². The van der Waals surface area contributed by atoms with Crippen molar-refractivity contribution in [2.45, 2.75) is 71.2 Å². The predicted molar refractivity (Wildman–Crippen MR) is 150 cm³/mol. The highest BCUT2D eigenvalue weighted by Crippen LogP contribution is 2.50. The Balaban J connectivity index is 1.89.